The fourth-order valence-electron chi connectivity index (χ4n) is 4.98. The van der Waals surface area contributed by atoms with Crippen molar-refractivity contribution >= 4 is 5.69 Å². The highest BCUT2D eigenvalue weighted by Crippen LogP contribution is 2.47. The lowest BCUT2D eigenvalue weighted by Crippen LogP contribution is -2.27. The maximum absolute atomic E-state index is 3.73. The number of hydrogen-bond donors (Lipinski definition) is 1. The van der Waals surface area contributed by atoms with E-state index in [-0.39, 0.29) is 0 Å². The van der Waals surface area contributed by atoms with Crippen LogP contribution in [0.3, 0.4) is 0 Å². The topological polar surface area (TPSA) is 15.3 Å². The number of nitrogens with zero attached hydrogens (tertiary/aromatic N) is 1. The van der Waals surface area contributed by atoms with Gasteiger partial charge in [0.25, 0.3) is 0 Å². The van der Waals surface area contributed by atoms with Crippen molar-refractivity contribution in [3.63, 3.8) is 0 Å². The lowest BCUT2D eigenvalue weighted by molar-refractivity contribution is 0.318. The Hall–Kier alpha value is -1.02. The number of fused-ring (bicyclic) bond motifs is 3. The smallest absolute Gasteiger partial charge is 0.0396 e. The van der Waals surface area contributed by atoms with E-state index < -0.39 is 0 Å². The molecule has 1 aromatic carbocycles. The Morgan fingerprint density at radius 2 is 2.19 bits per heavy atom. The summed E-state index contributed by atoms with van der Waals surface area (Å²) in [6, 6.07) is 7.07. The van der Waals surface area contributed by atoms with Crippen molar-refractivity contribution in [2.24, 2.45) is 17.8 Å². The molecule has 1 heterocycles. The number of hydrogen-bond acceptors (Lipinski definition) is 2. The maximum atomic E-state index is 3.73. The predicted octanol–water partition coefficient (Wildman–Crippen LogP) is 3.59. The molecule has 0 spiro atoms. The highest BCUT2D eigenvalue weighted by molar-refractivity contribution is 5.56. The molecule has 2 bridgehead atoms. The maximum Gasteiger partial charge on any atom is 0.0396 e. The number of rotatable bonds is 4. The van der Waals surface area contributed by atoms with E-state index >= 15 is 0 Å². The summed E-state index contributed by atoms with van der Waals surface area (Å²) in [6.45, 7) is 3.48. The summed E-state index contributed by atoms with van der Waals surface area (Å²) in [7, 11) is 2.21. The van der Waals surface area contributed by atoms with E-state index in [0.29, 0.717) is 0 Å². The van der Waals surface area contributed by atoms with Gasteiger partial charge in [-0.15, -0.1) is 0 Å². The highest BCUT2D eigenvalue weighted by atomic mass is 15.1. The fourth-order valence-corrected chi connectivity index (χ4v) is 4.98. The van der Waals surface area contributed by atoms with Crippen molar-refractivity contribution in [1.82, 2.24) is 5.32 Å². The molecule has 3 unspecified atom stereocenters. The van der Waals surface area contributed by atoms with Gasteiger partial charge in [-0.05, 0) is 73.6 Å². The summed E-state index contributed by atoms with van der Waals surface area (Å²) >= 11 is 0. The summed E-state index contributed by atoms with van der Waals surface area (Å²) in [5.74, 6) is 3.08. The third kappa shape index (κ3) is 2.70. The molecule has 2 saturated carbocycles. The molecule has 2 heteroatoms. The van der Waals surface area contributed by atoms with E-state index in [1.807, 2.05) is 0 Å². The van der Waals surface area contributed by atoms with Crippen LogP contribution in [-0.2, 0) is 13.0 Å². The highest BCUT2D eigenvalue weighted by Gasteiger charge is 2.38. The van der Waals surface area contributed by atoms with Gasteiger partial charge in [0.2, 0.25) is 0 Å². The number of nitrogens with one attached hydrogen (secondary N) is 1. The molecule has 3 atom stereocenters. The molecule has 1 aromatic rings. The van der Waals surface area contributed by atoms with Crippen LogP contribution in [0.1, 0.15) is 43.2 Å². The van der Waals surface area contributed by atoms with Crippen molar-refractivity contribution in [2.75, 3.05) is 25.0 Å². The van der Waals surface area contributed by atoms with Gasteiger partial charge in [-0.3, -0.25) is 0 Å². The first-order valence-electron chi connectivity index (χ1n) is 8.83. The van der Waals surface area contributed by atoms with Crippen molar-refractivity contribution < 1.29 is 0 Å². The van der Waals surface area contributed by atoms with E-state index in [2.05, 4.69) is 35.5 Å². The van der Waals surface area contributed by atoms with Gasteiger partial charge < -0.3 is 10.2 Å². The Balaban J connectivity index is 1.33. The Morgan fingerprint density at radius 3 is 3.00 bits per heavy atom. The van der Waals surface area contributed by atoms with E-state index in [4.69, 9.17) is 0 Å². The van der Waals surface area contributed by atoms with Crippen LogP contribution < -0.4 is 10.2 Å². The molecule has 3 aliphatic rings. The Bertz CT molecular complexity index is 510. The van der Waals surface area contributed by atoms with Crippen LogP contribution in [0.4, 0.5) is 5.69 Å². The summed E-state index contributed by atoms with van der Waals surface area (Å²) < 4.78 is 0. The van der Waals surface area contributed by atoms with Gasteiger partial charge in [-0.2, -0.15) is 0 Å². The standard InChI is InChI=1S/C19H28N2/c1-21-8-2-3-17-11-15(5-7-19(17)21)12-20-13-18-10-14-4-6-16(18)9-14/h5,7,11,14,16,18,20H,2-4,6,8-10,12-13H2,1H3. The summed E-state index contributed by atoms with van der Waals surface area (Å²) in [5.41, 5.74) is 4.45. The normalized spacial score (nSPS) is 30.7. The van der Waals surface area contributed by atoms with Crippen molar-refractivity contribution in [3.05, 3.63) is 29.3 Å². The summed E-state index contributed by atoms with van der Waals surface area (Å²) in [6.07, 6.45) is 8.58. The molecule has 114 valence electrons. The SMILES string of the molecule is CN1CCCc2cc(CNCC3CC4CCC3C4)ccc21. The second kappa shape index (κ2) is 5.64. The monoisotopic (exact) mass is 284 g/mol. The molecule has 2 nitrogen and oxygen atoms in total. The van der Waals surface area contributed by atoms with Crippen molar-refractivity contribution in [3.8, 4) is 0 Å². The minimum absolute atomic E-state index is 0.965. The van der Waals surface area contributed by atoms with Crippen molar-refractivity contribution in [2.45, 2.75) is 45.1 Å². The van der Waals surface area contributed by atoms with E-state index in [1.54, 1.807) is 5.56 Å². The second-order valence-electron chi connectivity index (χ2n) is 7.55. The van der Waals surface area contributed by atoms with Gasteiger partial charge >= 0.3 is 0 Å². The second-order valence-corrected chi connectivity index (χ2v) is 7.55. The first-order valence-corrected chi connectivity index (χ1v) is 8.83. The molecule has 1 aliphatic heterocycles. The number of benzene rings is 1. The van der Waals surface area contributed by atoms with Gasteiger partial charge in [-0.1, -0.05) is 18.6 Å². The third-order valence-electron chi connectivity index (χ3n) is 6.11. The molecule has 2 fully saturated rings. The summed E-state index contributed by atoms with van der Waals surface area (Å²) in [5, 5.41) is 3.73. The van der Waals surface area contributed by atoms with Crippen LogP contribution in [0.5, 0.6) is 0 Å². The van der Waals surface area contributed by atoms with Crippen molar-refractivity contribution in [1.29, 1.82) is 0 Å². The lowest BCUT2D eigenvalue weighted by Gasteiger charge is -2.28. The van der Waals surface area contributed by atoms with E-state index in [9.17, 15) is 0 Å². The van der Waals surface area contributed by atoms with Gasteiger partial charge in [0.15, 0.2) is 0 Å². The molecule has 4 rings (SSSR count). The van der Waals surface area contributed by atoms with Crippen LogP contribution >= 0.6 is 0 Å². The minimum Gasteiger partial charge on any atom is -0.374 e. The quantitative estimate of drug-likeness (QED) is 0.909. The van der Waals surface area contributed by atoms with Crippen LogP contribution in [0.15, 0.2) is 18.2 Å². The molecule has 2 aliphatic carbocycles. The molecule has 0 amide bonds. The van der Waals surface area contributed by atoms with Gasteiger partial charge in [0.1, 0.15) is 0 Å². The molecular weight excluding hydrogens is 256 g/mol. The van der Waals surface area contributed by atoms with Gasteiger partial charge in [0, 0.05) is 25.8 Å². The number of anilines is 1. The average molecular weight is 284 g/mol. The zero-order valence-corrected chi connectivity index (χ0v) is 13.3. The molecule has 21 heavy (non-hydrogen) atoms. The molecule has 1 N–H and O–H groups in total. The van der Waals surface area contributed by atoms with Gasteiger partial charge in [0.05, 0.1) is 0 Å². The van der Waals surface area contributed by atoms with E-state index in [0.717, 1.165) is 24.3 Å². The first kappa shape index (κ1) is 13.6. The zero-order valence-electron chi connectivity index (χ0n) is 13.3. The Morgan fingerprint density at radius 1 is 1.24 bits per heavy atom. The average Bonchev–Trinajstić information content (AvgIpc) is 3.10. The molecular formula is C19H28N2. The minimum atomic E-state index is 0.965. The predicted molar refractivity (Wildman–Crippen MR) is 88.7 cm³/mol. The Labute approximate surface area is 128 Å². The van der Waals surface area contributed by atoms with Crippen LogP contribution in [-0.4, -0.2) is 20.1 Å². The molecule has 0 aromatic heterocycles. The molecule has 0 saturated heterocycles. The van der Waals surface area contributed by atoms with E-state index in [1.165, 1.54) is 62.9 Å². The lowest BCUT2D eigenvalue weighted by atomic mass is 9.89. The van der Waals surface area contributed by atoms with Gasteiger partial charge in [-0.25, -0.2) is 0 Å². The summed E-state index contributed by atoms with van der Waals surface area (Å²) in [4.78, 5) is 2.39. The number of aryl methyl sites for hydroxylation is 1. The Kier molecular flexibility index (Phi) is 3.66. The first-order chi connectivity index (χ1) is 10.3. The third-order valence-corrected chi connectivity index (χ3v) is 6.11. The zero-order chi connectivity index (χ0) is 14.2. The van der Waals surface area contributed by atoms with Crippen LogP contribution in [0.25, 0.3) is 0 Å². The fraction of sp³-hybridized carbons (Fsp3) is 0.684. The van der Waals surface area contributed by atoms with Crippen LogP contribution in [0.2, 0.25) is 0 Å². The largest absolute Gasteiger partial charge is 0.374 e. The van der Waals surface area contributed by atoms with Crippen LogP contribution in [0, 0.1) is 17.8 Å². The molecule has 0 radical (unpaired) electrons.